The van der Waals surface area contributed by atoms with Crippen LogP contribution in [0.15, 0.2) is 53.1 Å². The first kappa shape index (κ1) is 23.3. The number of carbonyl (C=O) groups excluding carboxylic acids is 3. The van der Waals surface area contributed by atoms with E-state index in [0.29, 0.717) is 17.1 Å². The van der Waals surface area contributed by atoms with Crippen molar-refractivity contribution >= 4 is 46.1 Å². The molecule has 32 heavy (non-hydrogen) atoms. The van der Waals surface area contributed by atoms with E-state index in [1.54, 1.807) is 32.9 Å². The van der Waals surface area contributed by atoms with E-state index in [4.69, 9.17) is 9.26 Å². The van der Waals surface area contributed by atoms with E-state index < -0.39 is 17.3 Å². The number of hydrogen-bond acceptors (Lipinski definition) is 7. The summed E-state index contributed by atoms with van der Waals surface area (Å²) in [5.74, 6) is -0.312. The number of esters is 1. The SMILES string of the molecule is CCOC(=O)[C@@H](NC(=O)CS[C@H](C)C(=O)Nc1cc(C)on1)c1cccc2ccccc12. The zero-order chi connectivity index (χ0) is 23.1. The molecule has 0 spiro atoms. The average molecular weight is 456 g/mol. The molecule has 2 amide bonds. The second-order valence-corrected chi connectivity index (χ2v) is 8.42. The van der Waals surface area contributed by atoms with Crippen LogP contribution >= 0.6 is 11.8 Å². The van der Waals surface area contributed by atoms with E-state index >= 15 is 0 Å². The third-order valence-corrected chi connectivity index (χ3v) is 5.82. The van der Waals surface area contributed by atoms with Gasteiger partial charge in [-0.15, -0.1) is 11.8 Å². The Balaban J connectivity index is 1.66. The predicted octanol–water partition coefficient (Wildman–Crippen LogP) is 3.62. The number of fused-ring (bicyclic) bond motifs is 1. The standard InChI is InChI=1S/C23H25N3O5S/c1-4-30-23(29)21(18-11-7-9-16-8-5-6-10-17(16)18)25-20(27)13-32-15(3)22(28)24-19-12-14(2)31-26-19/h5-12,15,21H,4,13H2,1-3H3,(H,25,27)(H,24,26,28)/t15-,21+/m1/s1. The molecule has 0 saturated heterocycles. The van der Waals surface area contributed by atoms with E-state index in [2.05, 4.69) is 15.8 Å². The summed E-state index contributed by atoms with van der Waals surface area (Å²) in [5, 5.41) is 10.4. The largest absolute Gasteiger partial charge is 0.464 e. The predicted molar refractivity (Wildman–Crippen MR) is 123 cm³/mol. The Bertz CT molecular complexity index is 1110. The highest BCUT2D eigenvalue weighted by atomic mass is 32.2. The van der Waals surface area contributed by atoms with Crippen molar-refractivity contribution in [1.29, 1.82) is 0 Å². The minimum absolute atomic E-state index is 0.00684. The molecule has 0 aliphatic heterocycles. The molecule has 1 aromatic heterocycles. The van der Waals surface area contributed by atoms with Crippen LogP contribution < -0.4 is 10.6 Å². The molecule has 3 rings (SSSR count). The summed E-state index contributed by atoms with van der Waals surface area (Å²) in [6.45, 7) is 5.32. The third kappa shape index (κ3) is 5.88. The van der Waals surface area contributed by atoms with E-state index in [1.165, 1.54) is 0 Å². The Kier molecular flexibility index (Phi) is 7.88. The summed E-state index contributed by atoms with van der Waals surface area (Å²) >= 11 is 1.15. The maximum absolute atomic E-state index is 12.7. The minimum Gasteiger partial charge on any atom is -0.464 e. The third-order valence-electron chi connectivity index (χ3n) is 4.67. The van der Waals surface area contributed by atoms with E-state index in [1.807, 2.05) is 36.4 Å². The van der Waals surface area contributed by atoms with E-state index in [-0.39, 0.29) is 24.2 Å². The number of nitrogens with zero attached hydrogens (tertiary/aromatic N) is 1. The number of rotatable bonds is 9. The summed E-state index contributed by atoms with van der Waals surface area (Å²) in [6.07, 6.45) is 0. The molecule has 9 heteroatoms. The normalized spacial score (nSPS) is 12.7. The molecule has 0 bridgehead atoms. The lowest BCUT2D eigenvalue weighted by Gasteiger charge is -2.20. The fourth-order valence-corrected chi connectivity index (χ4v) is 3.82. The van der Waals surface area contributed by atoms with Crippen LogP contribution in [-0.4, -0.2) is 40.6 Å². The van der Waals surface area contributed by atoms with Crippen LogP contribution in [0.25, 0.3) is 10.8 Å². The Morgan fingerprint density at radius 1 is 1.16 bits per heavy atom. The summed E-state index contributed by atoms with van der Waals surface area (Å²) in [4.78, 5) is 37.6. The number of carbonyl (C=O) groups is 3. The molecule has 0 aliphatic carbocycles. The van der Waals surface area contributed by atoms with Crippen molar-refractivity contribution in [3.8, 4) is 0 Å². The Labute approximate surface area is 190 Å². The Morgan fingerprint density at radius 3 is 2.62 bits per heavy atom. The van der Waals surface area contributed by atoms with Gasteiger partial charge in [-0.3, -0.25) is 9.59 Å². The number of amides is 2. The topological polar surface area (TPSA) is 111 Å². The van der Waals surface area contributed by atoms with E-state index in [9.17, 15) is 14.4 Å². The molecule has 3 aromatic rings. The van der Waals surface area contributed by atoms with Gasteiger partial charge in [-0.2, -0.15) is 0 Å². The average Bonchev–Trinajstić information content (AvgIpc) is 3.20. The molecule has 0 radical (unpaired) electrons. The maximum Gasteiger partial charge on any atom is 0.333 e. The van der Waals surface area contributed by atoms with Crippen LogP contribution in [0, 0.1) is 6.92 Å². The highest BCUT2D eigenvalue weighted by molar-refractivity contribution is 8.01. The molecule has 168 valence electrons. The van der Waals surface area contributed by atoms with Crippen molar-refractivity contribution in [1.82, 2.24) is 10.5 Å². The first-order valence-corrected chi connectivity index (χ1v) is 11.2. The van der Waals surface area contributed by atoms with Gasteiger partial charge in [-0.05, 0) is 37.1 Å². The van der Waals surface area contributed by atoms with Crippen LogP contribution in [0.1, 0.15) is 31.2 Å². The molecule has 2 N–H and O–H groups in total. The molecule has 2 aromatic carbocycles. The van der Waals surface area contributed by atoms with Gasteiger partial charge in [0.2, 0.25) is 11.8 Å². The molecule has 8 nitrogen and oxygen atoms in total. The molecule has 2 atom stereocenters. The second-order valence-electron chi connectivity index (χ2n) is 7.09. The highest BCUT2D eigenvalue weighted by Gasteiger charge is 2.26. The number of hydrogen-bond donors (Lipinski definition) is 2. The summed E-state index contributed by atoms with van der Waals surface area (Å²) in [5.41, 5.74) is 0.659. The lowest BCUT2D eigenvalue weighted by atomic mass is 9.98. The first-order valence-electron chi connectivity index (χ1n) is 10.2. The van der Waals surface area contributed by atoms with Gasteiger partial charge in [-0.1, -0.05) is 47.6 Å². The smallest absolute Gasteiger partial charge is 0.333 e. The maximum atomic E-state index is 12.7. The van der Waals surface area contributed by atoms with Crippen molar-refractivity contribution in [2.75, 3.05) is 17.7 Å². The van der Waals surface area contributed by atoms with Crippen LogP contribution in [0.5, 0.6) is 0 Å². The first-order chi connectivity index (χ1) is 15.4. The van der Waals surface area contributed by atoms with Gasteiger partial charge in [0.25, 0.3) is 0 Å². The van der Waals surface area contributed by atoms with Crippen molar-refractivity contribution in [2.24, 2.45) is 0 Å². The van der Waals surface area contributed by atoms with Crippen molar-refractivity contribution in [3.63, 3.8) is 0 Å². The van der Waals surface area contributed by atoms with Gasteiger partial charge < -0.3 is 19.9 Å². The zero-order valence-electron chi connectivity index (χ0n) is 18.1. The van der Waals surface area contributed by atoms with Gasteiger partial charge in [0.05, 0.1) is 17.6 Å². The lowest BCUT2D eigenvalue weighted by Crippen LogP contribution is -2.36. The van der Waals surface area contributed by atoms with Gasteiger partial charge in [-0.25, -0.2) is 4.79 Å². The Hall–Kier alpha value is -3.33. The van der Waals surface area contributed by atoms with E-state index in [0.717, 1.165) is 22.5 Å². The van der Waals surface area contributed by atoms with Crippen LogP contribution in [0.3, 0.4) is 0 Å². The molecule has 0 unspecified atom stereocenters. The number of benzene rings is 2. The van der Waals surface area contributed by atoms with Gasteiger partial charge in [0.1, 0.15) is 5.76 Å². The van der Waals surface area contributed by atoms with Crippen LogP contribution in [0.2, 0.25) is 0 Å². The molecule has 0 aliphatic rings. The van der Waals surface area contributed by atoms with Gasteiger partial charge in [0.15, 0.2) is 11.9 Å². The summed E-state index contributed by atoms with van der Waals surface area (Å²) in [7, 11) is 0. The molecular formula is C23H25N3O5S. The number of nitrogens with one attached hydrogen (secondary N) is 2. The zero-order valence-corrected chi connectivity index (χ0v) is 18.9. The lowest BCUT2D eigenvalue weighted by molar-refractivity contribution is -0.147. The fraction of sp³-hybridized carbons (Fsp3) is 0.304. The molecular weight excluding hydrogens is 430 g/mol. The van der Waals surface area contributed by atoms with Crippen molar-refractivity contribution in [2.45, 2.75) is 32.1 Å². The molecule has 1 heterocycles. The Morgan fingerprint density at radius 2 is 1.91 bits per heavy atom. The van der Waals surface area contributed by atoms with Crippen molar-refractivity contribution < 1.29 is 23.6 Å². The summed E-state index contributed by atoms with van der Waals surface area (Å²) < 4.78 is 10.1. The quantitative estimate of drug-likeness (QED) is 0.474. The minimum atomic E-state index is -0.948. The summed E-state index contributed by atoms with van der Waals surface area (Å²) in [6, 6.07) is 13.9. The molecule has 0 saturated carbocycles. The molecule has 0 fully saturated rings. The fourth-order valence-electron chi connectivity index (χ4n) is 3.12. The number of anilines is 1. The number of aromatic nitrogens is 1. The highest BCUT2D eigenvalue weighted by Crippen LogP contribution is 2.26. The van der Waals surface area contributed by atoms with Gasteiger partial charge in [0, 0.05) is 6.07 Å². The van der Waals surface area contributed by atoms with Crippen molar-refractivity contribution in [3.05, 3.63) is 59.9 Å². The number of aryl methyl sites for hydroxylation is 1. The number of thioether (sulfide) groups is 1. The van der Waals surface area contributed by atoms with Crippen LogP contribution in [-0.2, 0) is 19.1 Å². The monoisotopic (exact) mass is 455 g/mol. The second kappa shape index (κ2) is 10.8. The van der Waals surface area contributed by atoms with Crippen LogP contribution in [0.4, 0.5) is 5.82 Å². The number of ether oxygens (including phenoxy) is 1. The van der Waals surface area contributed by atoms with Gasteiger partial charge >= 0.3 is 5.97 Å².